The van der Waals surface area contributed by atoms with Crippen molar-refractivity contribution >= 4 is 86.8 Å². The molecule has 3 heterocycles. The summed E-state index contributed by atoms with van der Waals surface area (Å²) in [6.07, 6.45) is 0. The second kappa shape index (κ2) is 12.7. The molecule has 0 N–H and O–H groups in total. The summed E-state index contributed by atoms with van der Waals surface area (Å²) in [5.74, 6) is 1.77. The van der Waals surface area contributed by atoms with Crippen molar-refractivity contribution in [3.05, 3.63) is 194 Å². The lowest BCUT2D eigenvalue weighted by Crippen LogP contribution is -2.04. The summed E-state index contributed by atoms with van der Waals surface area (Å²) in [5, 5.41) is 13.6. The number of furan rings is 1. The molecule has 3 aromatic heterocycles. The van der Waals surface area contributed by atoms with E-state index in [1.54, 1.807) is 0 Å². The maximum atomic E-state index is 6.99. The van der Waals surface area contributed by atoms with E-state index in [0.717, 1.165) is 98.4 Å². The molecule has 0 unspecified atom stereocenters. The Morgan fingerprint density at radius 2 is 0.867 bits per heavy atom. The molecule has 13 rings (SSSR count). The maximum Gasteiger partial charge on any atom is 0.166 e. The van der Waals surface area contributed by atoms with E-state index < -0.39 is 0 Å². The summed E-state index contributed by atoms with van der Waals surface area (Å²) >= 11 is 0. The van der Waals surface area contributed by atoms with Crippen molar-refractivity contribution in [1.29, 1.82) is 0 Å². The van der Waals surface area contributed by atoms with Crippen molar-refractivity contribution in [2.75, 3.05) is 0 Å². The number of nitrogens with zero attached hydrogens (tertiary/aromatic N) is 4. The molecule has 5 nitrogen and oxygen atoms in total. The molecule has 0 saturated heterocycles. The van der Waals surface area contributed by atoms with Crippen LogP contribution in [-0.4, -0.2) is 19.5 Å². The molecule has 0 aliphatic heterocycles. The number of hydrogen-bond donors (Lipinski definition) is 0. The molecule has 60 heavy (non-hydrogen) atoms. The predicted molar refractivity (Wildman–Crippen MR) is 248 cm³/mol. The van der Waals surface area contributed by atoms with Crippen molar-refractivity contribution in [2.45, 2.75) is 0 Å². The average molecular weight is 765 g/mol. The topological polar surface area (TPSA) is 56.7 Å². The molecule has 0 atom stereocenters. The maximum absolute atomic E-state index is 6.99. The number of rotatable bonds is 4. The molecule has 0 amide bonds. The van der Waals surface area contributed by atoms with Crippen LogP contribution in [0.15, 0.2) is 199 Å². The SMILES string of the molecule is c1ccc2cc(-c3nc(-c4ccc5c(oc6ccccc65)c4-n4c5cc6ccccc6cc5c5cc6ccccc6cc54)nc(-c4cccc5ccccc45)n3)ccc2c1. The first-order chi connectivity index (χ1) is 29.7. The van der Waals surface area contributed by atoms with Gasteiger partial charge in [-0.2, -0.15) is 0 Å². The Kier molecular flexibility index (Phi) is 6.95. The molecule has 0 radical (unpaired) electrons. The summed E-state index contributed by atoms with van der Waals surface area (Å²) < 4.78 is 9.38. The molecule has 13 aromatic rings. The van der Waals surface area contributed by atoms with E-state index in [1.165, 1.54) is 10.8 Å². The van der Waals surface area contributed by atoms with Gasteiger partial charge in [0.25, 0.3) is 0 Å². The predicted octanol–water partition coefficient (Wildman–Crippen LogP) is 14.5. The number of aromatic nitrogens is 4. The lowest BCUT2D eigenvalue weighted by molar-refractivity contribution is 0.666. The van der Waals surface area contributed by atoms with E-state index in [1.807, 2.05) is 12.1 Å². The monoisotopic (exact) mass is 764 g/mol. The normalized spacial score (nSPS) is 12.0. The largest absolute Gasteiger partial charge is 0.454 e. The molecule has 10 aromatic carbocycles. The van der Waals surface area contributed by atoms with Gasteiger partial charge in [-0.05, 0) is 91.6 Å². The van der Waals surface area contributed by atoms with Gasteiger partial charge in [0.2, 0.25) is 0 Å². The highest BCUT2D eigenvalue weighted by atomic mass is 16.3. The molecule has 0 aliphatic rings. The Labute approximate surface area is 343 Å². The third-order valence-electron chi connectivity index (χ3n) is 12.2. The highest BCUT2D eigenvalue weighted by Crippen LogP contribution is 2.44. The summed E-state index contributed by atoms with van der Waals surface area (Å²) in [7, 11) is 0. The quantitative estimate of drug-likeness (QED) is 0.179. The van der Waals surface area contributed by atoms with E-state index >= 15 is 0 Å². The molecule has 0 saturated carbocycles. The lowest BCUT2D eigenvalue weighted by Gasteiger charge is -2.16. The van der Waals surface area contributed by atoms with Gasteiger partial charge < -0.3 is 8.98 Å². The second-order valence-corrected chi connectivity index (χ2v) is 15.6. The first kappa shape index (κ1) is 32.9. The average Bonchev–Trinajstić information content (AvgIpc) is 3.84. The summed E-state index contributed by atoms with van der Waals surface area (Å²) in [4.78, 5) is 16.1. The van der Waals surface area contributed by atoms with E-state index in [-0.39, 0.29) is 0 Å². The van der Waals surface area contributed by atoms with Crippen LogP contribution in [-0.2, 0) is 0 Å². The van der Waals surface area contributed by atoms with Crippen LogP contribution in [0.3, 0.4) is 0 Å². The summed E-state index contributed by atoms with van der Waals surface area (Å²) in [6.45, 7) is 0. The molecule has 0 fully saturated rings. The standard InChI is InChI=1S/C55H32N4O/c1-2-14-35-28-40(25-24-33(35)12-1)53-56-54(44-22-11-19-34-13-7-8-20-41(34)44)58-55(57-53)45-27-26-43-42-21-9-10-23-50(42)60-52(43)51(45)59-48-31-38-17-5-3-15-36(38)29-46(48)47-30-37-16-4-6-18-39(37)32-49(47)59/h1-32H. The van der Waals surface area contributed by atoms with Crippen molar-refractivity contribution in [2.24, 2.45) is 0 Å². The van der Waals surface area contributed by atoms with Crippen LogP contribution in [0.25, 0.3) is 127 Å². The van der Waals surface area contributed by atoms with Crippen molar-refractivity contribution < 1.29 is 4.42 Å². The summed E-state index contributed by atoms with van der Waals surface area (Å²) in [6, 6.07) is 68.7. The third kappa shape index (κ3) is 4.96. The highest BCUT2D eigenvalue weighted by Gasteiger charge is 2.25. The molecular formula is C55H32N4O. The first-order valence-corrected chi connectivity index (χ1v) is 20.3. The fraction of sp³-hybridized carbons (Fsp3) is 0. The van der Waals surface area contributed by atoms with Gasteiger partial charge in [0.1, 0.15) is 11.3 Å². The van der Waals surface area contributed by atoms with E-state index in [2.05, 4.69) is 187 Å². The van der Waals surface area contributed by atoms with Crippen LogP contribution >= 0.6 is 0 Å². The fourth-order valence-corrected chi connectivity index (χ4v) is 9.30. The van der Waals surface area contributed by atoms with Gasteiger partial charge in [0.05, 0.1) is 11.0 Å². The number of benzene rings is 10. The second-order valence-electron chi connectivity index (χ2n) is 15.6. The van der Waals surface area contributed by atoms with Crippen LogP contribution < -0.4 is 0 Å². The zero-order valence-electron chi connectivity index (χ0n) is 32.2. The van der Waals surface area contributed by atoms with Gasteiger partial charge >= 0.3 is 0 Å². The molecule has 5 heteroatoms. The molecule has 0 bridgehead atoms. The van der Waals surface area contributed by atoms with E-state index in [0.29, 0.717) is 17.5 Å². The van der Waals surface area contributed by atoms with Gasteiger partial charge in [-0.25, -0.2) is 15.0 Å². The first-order valence-electron chi connectivity index (χ1n) is 20.3. The fourth-order valence-electron chi connectivity index (χ4n) is 9.30. The minimum atomic E-state index is 0.560. The minimum absolute atomic E-state index is 0.560. The van der Waals surface area contributed by atoms with Crippen LogP contribution in [0.1, 0.15) is 0 Å². The van der Waals surface area contributed by atoms with Gasteiger partial charge in [-0.3, -0.25) is 0 Å². The van der Waals surface area contributed by atoms with Gasteiger partial charge in [0.15, 0.2) is 23.1 Å². The minimum Gasteiger partial charge on any atom is -0.454 e. The van der Waals surface area contributed by atoms with Crippen LogP contribution in [0.4, 0.5) is 0 Å². The zero-order valence-corrected chi connectivity index (χ0v) is 32.2. The van der Waals surface area contributed by atoms with Crippen LogP contribution in [0.2, 0.25) is 0 Å². The molecule has 0 aliphatic carbocycles. The Hall–Kier alpha value is -8.15. The van der Waals surface area contributed by atoms with Crippen molar-refractivity contribution in [1.82, 2.24) is 19.5 Å². The van der Waals surface area contributed by atoms with Crippen LogP contribution in [0.5, 0.6) is 0 Å². The smallest absolute Gasteiger partial charge is 0.166 e. The van der Waals surface area contributed by atoms with Crippen molar-refractivity contribution in [3.63, 3.8) is 0 Å². The third-order valence-corrected chi connectivity index (χ3v) is 12.2. The summed E-state index contributed by atoms with van der Waals surface area (Å²) in [5.41, 5.74) is 7.33. The molecule has 278 valence electrons. The van der Waals surface area contributed by atoms with Gasteiger partial charge in [-0.1, -0.05) is 146 Å². The number of fused-ring (bicyclic) bond motifs is 10. The Balaban J connectivity index is 1.19. The Morgan fingerprint density at radius 3 is 1.57 bits per heavy atom. The molecular weight excluding hydrogens is 733 g/mol. The highest BCUT2D eigenvalue weighted by molar-refractivity contribution is 6.19. The van der Waals surface area contributed by atoms with Gasteiger partial charge in [-0.15, -0.1) is 0 Å². The number of para-hydroxylation sites is 1. The van der Waals surface area contributed by atoms with E-state index in [9.17, 15) is 0 Å². The Bertz CT molecular complexity index is 3820. The Morgan fingerprint density at radius 1 is 0.333 bits per heavy atom. The van der Waals surface area contributed by atoms with Crippen LogP contribution in [0, 0.1) is 0 Å². The zero-order chi connectivity index (χ0) is 39.3. The van der Waals surface area contributed by atoms with Crippen molar-refractivity contribution in [3.8, 4) is 39.9 Å². The molecule has 0 spiro atoms. The van der Waals surface area contributed by atoms with E-state index in [4.69, 9.17) is 19.4 Å². The van der Waals surface area contributed by atoms with Gasteiger partial charge in [0, 0.05) is 38.2 Å². The lowest BCUT2D eigenvalue weighted by atomic mass is 10.0. The number of hydrogen-bond acceptors (Lipinski definition) is 4.